The second-order valence-electron chi connectivity index (χ2n) is 4.11. The van der Waals surface area contributed by atoms with E-state index in [1.165, 1.54) is 18.2 Å². The van der Waals surface area contributed by atoms with Gasteiger partial charge in [-0.2, -0.15) is 0 Å². The van der Waals surface area contributed by atoms with Crippen molar-refractivity contribution in [3.05, 3.63) is 71.4 Å². The molecule has 1 aromatic heterocycles. The standard InChI is InChI=1S/C15H9FN2O2/c16-11-5-3-4-10(8-11)9-13-15(19)20-14(18-13)12-6-1-2-7-17-12/h1-9H/b13-9+. The van der Waals surface area contributed by atoms with E-state index in [4.69, 9.17) is 4.74 Å². The van der Waals surface area contributed by atoms with Crippen LogP contribution >= 0.6 is 0 Å². The molecule has 4 nitrogen and oxygen atoms in total. The molecular weight excluding hydrogens is 259 g/mol. The number of aliphatic imine (C=N–C) groups is 1. The van der Waals surface area contributed by atoms with Gasteiger partial charge in [-0.25, -0.2) is 14.2 Å². The first kappa shape index (κ1) is 12.2. The average Bonchev–Trinajstić information content (AvgIpc) is 2.81. The molecule has 0 spiro atoms. The van der Waals surface area contributed by atoms with Crippen LogP contribution in [0, 0.1) is 5.82 Å². The number of esters is 1. The summed E-state index contributed by atoms with van der Waals surface area (Å²) >= 11 is 0. The van der Waals surface area contributed by atoms with Crippen LogP contribution in [0.2, 0.25) is 0 Å². The first-order valence-corrected chi connectivity index (χ1v) is 5.92. The number of halogens is 1. The number of benzene rings is 1. The second kappa shape index (κ2) is 5.05. The molecule has 0 unspecified atom stereocenters. The Kier molecular flexibility index (Phi) is 3.09. The van der Waals surface area contributed by atoms with Gasteiger partial charge >= 0.3 is 5.97 Å². The summed E-state index contributed by atoms with van der Waals surface area (Å²) in [5, 5.41) is 0. The summed E-state index contributed by atoms with van der Waals surface area (Å²) < 4.78 is 18.1. The zero-order chi connectivity index (χ0) is 13.9. The SMILES string of the molecule is O=C1OC(c2ccccn2)=N/C1=C/c1cccc(F)c1. The van der Waals surface area contributed by atoms with Gasteiger partial charge in [0.2, 0.25) is 5.90 Å². The number of aromatic nitrogens is 1. The second-order valence-corrected chi connectivity index (χ2v) is 4.11. The molecule has 5 heteroatoms. The Hall–Kier alpha value is -2.82. The molecule has 1 aliphatic heterocycles. The first-order valence-electron chi connectivity index (χ1n) is 5.92. The third-order valence-corrected chi connectivity index (χ3v) is 2.66. The Morgan fingerprint density at radius 1 is 1.15 bits per heavy atom. The number of carbonyl (C=O) groups excluding carboxylic acids is 1. The topological polar surface area (TPSA) is 51.5 Å². The minimum absolute atomic E-state index is 0.122. The zero-order valence-corrected chi connectivity index (χ0v) is 10.3. The summed E-state index contributed by atoms with van der Waals surface area (Å²) in [6.07, 6.45) is 3.06. The first-order chi connectivity index (χ1) is 9.72. The highest BCUT2D eigenvalue weighted by Gasteiger charge is 2.24. The Morgan fingerprint density at radius 3 is 2.80 bits per heavy atom. The molecule has 20 heavy (non-hydrogen) atoms. The summed E-state index contributed by atoms with van der Waals surface area (Å²) in [6.45, 7) is 0. The third kappa shape index (κ3) is 2.47. The fraction of sp³-hybridized carbons (Fsp3) is 0. The summed E-state index contributed by atoms with van der Waals surface area (Å²) in [5.74, 6) is -0.798. The highest BCUT2D eigenvalue weighted by molar-refractivity contribution is 6.12. The maximum Gasteiger partial charge on any atom is 0.363 e. The predicted octanol–water partition coefficient (Wildman–Crippen LogP) is 2.57. The molecule has 0 amide bonds. The Morgan fingerprint density at radius 2 is 2.05 bits per heavy atom. The average molecular weight is 268 g/mol. The minimum atomic E-state index is -0.574. The van der Waals surface area contributed by atoms with E-state index in [2.05, 4.69) is 9.98 Å². The van der Waals surface area contributed by atoms with Crippen molar-refractivity contribution in [1.82, 2.24) is 4.98 Å². The van der Waals surface area contributed by atoms with Gasteiger partial charge in [0.15, 0.2) is 5.70 Å². The molecule has 2 heterocycles. The molecule has 0 atom stereocenters. The number of ether oxygens (including phenoxy) is 1. The summed E-state index contributed by atoms with van der Waals surface area (Å²) in [7, 11) is 0. The summed E-state index contributed by atoms with van der Waals surface area (Å²) in [6, 6.07) is 11.1. The maximum atomic E-state index is 13.1. The van der Waals surface area contributed by atoms with Crippen molar-refractivity contribution < 1.29 is 13.9 Å². The molecule has 0 saturated carbocycles. The molecule has 2 aromatic rings. The molecule has 98 valence electrons. The van der Waals surface area contributed by atoms with E-state index in [9.17, 15) is 9.18 Å². The lowest BCUT2D eigenvalue weighted by Crippen LogP contribution is -2.06. The molecule has 0 saturated heterocycles. The van der Waals surface area contributed by atoms with Gasteiger partial charge in [0.25, 0.3) is 0 Å². The Labute approximate surface area is 114 Å². The number of rotatable bonds is 2. The van der Waals surface area contributed by atoms with Gasteiger partial charge in [0, 0.05) is 6.20 Å². The van der Waals surface area contributed by atoms with E-state index < -0.39 is 5.97 Å². The van der Waals surface area contributed by atoms with Gasteiger partial charge in [0.05, 0.1) is 0 Å². The zero-order valence-electron chi connectivity index (χ0n) is 10.3. The van der Waals surface area contributed by atoms with E-state index in [-0.39, 0.29) is 17.4 Å². The van der Waals surface area contributed by atoms with Crippen LogP contribution in [-0.2, 0) is 9.53 Å². The molecular formula is C15H9FN2O2. The largest absolute Gasteiger partial charge is 0.400 e. The number of carbonyl (C=O) groups is 1. The van der Waals surface area contributed by atoms with E-state index in [0.29, 0.717) is 11.3 Å². The molecule has 3 rings (SSSR count). The van der Waals surface area contributed by atoms with Crippen molar-refractivity contribution >= 4 is 17.9 Å². The van der Waals surface area contributed by atoms with E-state index in [0.717, 1.165) is 0 Å². The van der Waals surface area contributed by atoms with Gasteiger partial charge in [-0.1, -0.05) is 18.2 Å². The van der Waals surface area contributed by atoms with Crippen molar-refractivity contribution in [2.45, 2.75) is 0 Å². The van der Waals surface area contributed by atoms with Crippen LogP contribution in [0.5, 0.6) is 0 Å². The van der Waals surface area contributed by atoms with E-state index >= 15 is 0 Å². The number of nitrogens with zero attached hydrogens (tertiary/aromatic N) is 2. The van der Waals surface area contributed by atoms with Gasteiger partial charge in [-0.05, 0) is 35.9 Å². The van der Waals surface area contributed by atoms with Crippen molar-refractivity contribution in [3.63, 3.8) is 0 Å². The molecule has 0 fully saturated rings. The van der Waals surface area contributed by atoms with Crippen LogP contribution in [-0.4, -0.2) is 16.9 Å². The number of cyclic esters (lactones) is 1. The van der Waals surface area contributed by atoms with Crippen LogP contribution in [0.3, 0.4) is 0 Å². The van der Waals surface area contributed by atoms with Crippen molar-refractivity contribution in [2.24, 2.45) is 4.99 Å². The monoisotopic (exact) mass is 268 g/mol. The van der Waals surface area contributed by atoms with Gasteiger partial charge in [0.1, 0.15) is 11.5 Å². The van der Waals surface area contributed by atoms with Crippen LogP contribution in [0.15, 0.2) is 59.4 Å². The van der Waals surface area contributed by atoms with Crippen molar-refractivity contribution in [3.8, 4) is 0 Å². The number of hydrogen-bond donors (Lipinski definition) is 0. The van der Waals surface area contributed by atoms with Gasteiger partial charge in [-0.15, -0.1) is 0 Å². The van der Waals surface area contributed by atoms with Crippen LogP contribution in [0.25, 0.3) is 6.08 Å². The number of pyridine rings is 1. The molecule has 1 aliphatic rings. The Bertz CT molecular complexity index is 724. The van der Waals surface area contributed by atoms with E-state index in [1.54, 1.807) is 36.5 Å². The predicted molar refractivity (Wildman–Crippen MR) is 71.2 cm³/mol. The van der Waals surface area contributed by atoms with Crippen LogP contribution < -0.4 is 0 Å². The highest BCUT2D eigenvalue weighted by Crippen LogP contribution is 2.18. The lowest BCUT2D eigenvalue weighted by Gasteiger charge is -1.96. The number of hydrogen-bond acceptors (Lipinski definition) is 4. The minimum Gasteiger partial charge on any atom is -0.400 e. The Balaban J connectivity index is 1.95. The fourth-order valence-electron chi connectivity index (χ4n) is 1.76. The van der Waals surface area contributed by atoms with Crippen molar-refractivity contribution in [2.75, 3.05) is 0 Å². The lowest BCUT2D eigenvalue weighted by molar-refractivity contribution is -0.129. The van der Waals surface area contributed by atoms with Crippen LogP contribution in [0.4, 0.5) is 4.39 Å². The maximum absolute atomic E-state index is 13.1. The molecule has 1 aromatic carbocycles. The molecule has 0 N–H and O–H groups in total. The smallest absolute Gasteiger partial charge is 0.363 e. The highest BCUT2D eigenvalue weighted by atomic mass is 19.1. The van der Waals surface area contributed by atoms with Gasteiger partial charge < -0.3 is 4.74 Å². The summed E-state index contributed by atoms with van der Waals surface area (Å²) in [5.41, 5.74) is 1.14. The lowest BCUT2D eigenvalue weighted by atomic mass is 10.2. The summed E-state index contributed by atoms with van der Waals surface area (Å²) in [4.78, 5) is 19.9. The quantitative estimate of drug-likeness (QED) is 0.621. The van der Waals surface area contributed by atoms with Crippen molar-refractivity contribution in [1.29, 1.82) is 0 Å². The van der Waals surface area contributed by atoms with Gasteiger partial charge in [-0.3, -0.25) is 4.98 Å². The fourth-order valence-corrected chi connectivity index (χ4v) is 1.76. The van der Waals surface area contributed by atoms with E-state index in [1.807, 2.05) is 0 Å². The normalized spacial score (nSPS) is 16.1. The van der Waals surface area contributed by atoms with Crippen LogP contribution in [0.1, 0.15) is 11.3 Å². The molecule has 0 bridgehead atoms. The third-order valence-electron chi connectivity index (χ3n) is 2.66. The molecule has 0 radical (unpaired) electrons. The molecule has 0 aliphatic carbocycles.